The molecule has 2 rings (SSSR count). The van der Waals surface area contributed by atoms with E-state index in [4.69, 9.17) is 5.73 Å². The van der Waals surface area contributed by atoms with Crippen molar-refractivity contribution >= 4 is 23.2 Å². The van der Waals surface area contributed by atoms with Gasteiger partial charge in [0.25, 0.3) is 0 Å². The van der Waals surface area contributed by atoms with E-state index in [9.17, 15) is 14.0 Å². The van der Waals surface area contributed by atoms with Gasteiger partial charge < -0.3 is 16.4 Å². The fraction of sp³-hybridized carbons (Fsp3) is 0.385. The van der Waals surface area contributed by atoms with Crippen molar-refractivity contribution in [1.82, 2.24) is 10.2 Å². The topological polar surface area (TPSA) is 87.5 Å². The number of piperazine rings is 1. The smallest absolute Gasteiger partial charge is 0.238 e. The molecule has 1 aliphatic rings. The van der Waals surface area contributed by atoms with Crippen molar-refractivity contribution < 1.29 is 14.0 Å². The van der Waals surface area contributed by atoms with E-state index in [-0.39, 0.29) is 30.1 Å². The van der Waals surface area contributed by atoms with Crippen molar-refractivity contribution in [2.75, 3.05) is 30.7 Å². The van der Waals surface area contributed by atoms with Crippen molar-refractivity contribution in [3.8, 4) is 0 Å². The number of carbonyl (C=O) groups excluding carboxylic acids is 2. The Labute approximate surface area is 116 Å². The molecule has 4 N–H and O–H groups in total. The second-order valence-electron chi connectivity index (χ2n) is 4.72. The minimum atomic E-state index is -0.457. The SMILES string of the molecule is CC1C(=O)NCCN1CC(=O)Nc1ccc(F)cc1N. The minimum Gasteiger partial charge on any atom is -0.397 e. The fourth-order valence-corrected chi connectivity index (χ4v) is 2.07. The summed E-state index contributed by atoms with van der Waals surface area (Å²) in [5, 5.41) is 5.34. The number of benzene rings is 1. The number of rotatable bonds is 3. The number of hydrogen-bond donors (Lipinski definition) is 3. The molecule has 1 unspecified atom stereocenters. The third-order valence-corrected chi connectivity index (χ3v) is 3.26. The number of nitrogen functional groups attached to an aromatic ring is 1. The monoisotopic (exact) mass is 280 g/mol. The minimum absolute atomic E-state index is 0.0887. The van der Waals surface area contributed by atoms with Crippen LogP contribution >= 0.6 is 0 Å². The maximum absolute atomic E-state index is 12.9. The lowest BCUT2D eigenvalue weighted by molar-refractivity contribution is -0.129. The molecule has 1 atom stereocenters. The molecule has 1 aliphatic heterocycles. The lowest BCUT2D eigenvalue weighted by Crippen LogP contribution is -2.55. The summed E-state index contributed by atoms with van der Waals surface area (Å²) in [6.45, 7) is 2.97. The van der Waals surface area contributed by atoms with Gasteiger partial charge in [-0.25, -0.2) is 4.39 Å². The van der Waals surface area contributed by atoms with Gasteiger partial charge in [0.2, 0.25) is 11.8 Å². The summed E-state index contributed by atoms with van der Waals surface area (Å²) < 4.78 is 12.9. The maximum Gasteiger partial charge on any atom is 0.238 e. The van der Waals surface area contributed by atoms with E-state index in [1.54, 1.807) is 11.8 Å². The first-order valence-corrected chi connectivity index (χ1v) is 6.34. The van der Waals surface area contributed by atoms with Crippen molar-refractivity contribution in [3.05, 3.63) is 24.0 Å². The van der Waals surface area contributed by atoms with Crippen LogP contribution in [0.4, 0.5) is 15.8 Å². The molecule has 108 valence electrons. The normalized spacial score (nSPS) is 19.5. The Balaban J connectivity index is 1.97. The molecule has 0 radical (unpaired) electrons. The Morgan fingerprint density at radius 1 is 1.60 bits per heavy atom. The number of halogens is 1. The van der Waals surface area contributed by atoms with E-state index in [1.165, 1.54) is 12.1 Å². The molecule has 1 fully saturated rings. The predicted molar refractivity (Wildman–Crippen MR) is 73.5 cm³/mol. The zero-order valence-electron chi connectivity index (χ0n) is 11.1. The van der Waals surface area contributed by atoms with E-state index in [2.05, 4.69) is 10.6 Å². The van der Waals surface area contributed by atoms with Crippen LogP contribution in [0.1, 0.15) is 6.92 Å². The Morgan fingerprint density at radius 3 is 3.05 bits per heavy atom. The summed E-state index contributed by atoms with van der Waals surface area (Å²) in [7, 11) is 0. The highest BCUT2D eigenvalue weighted by Gasteiger charge is 2.26. The van der Waals surface area contributed by atoms with E-state index >= 15 is 0 Å². The molecule has 1 aromatic rings. The number of nitrogens with zero attached hydrogens (tertiary/aromatic N) is 1. The first kappa shape index (κ1) is 14.3. The summed E-state index contributed by atoms with van der Waals surface area (Å²) in [6, 6.07) is 3.44. The van der Waals surface area contributed by atoms with Gasteiger partial charge >= 0.3 is 0 Å². The van der Waals surface area contributed by atoms with Crippen LogP contribution in [0.15, 0.2) is 18.2 Å². The highest BCUT2D eigenvalue weighted by atomic mass is 19.1. The van der Waals surface area contributed by atoms with Crippen molar-refractivity contribution in [2.24, 2.45) is 0 Å². The number of hydrogen-bond acceptors (Lipinski definition) is 4. The molecule has 0 aliphatic carbocycles. The Morgan fingerprint density at radius 2 is 2.35 bits per heavy atom. The largest absolute Gasteiger partial charge is 0.397 e. The van der Waals surface area contributed by atoms with Gasteiger partial charge in [-0.15, -0.1) is 0 Å². The van der Waals surface area contributed by atoms with Gasteiger partial charge in [-0.2, -0.15) is 0 Å². The van der Waals surface area contributed by atoms with Crippen LogP contribution in [-0.2, 0) is 9.59 Å². The van der Waals surface area contributed by atoms with E-state index in [0.29, 0.717) is 18.8 Å². The molecule has 7 heteroatoms. The number of anilines is 2. The van der Waals surface area contributed by atoms with E-state index < -0.39 is 5.82 Å². The second-order valence-corrected chi connectivity index (χ2v) is 4.72. The molecule has 2 amide bonds. The molecule has 1 heterocycles. The number of nitrogens with two attached hydrogens (primary N) is 1. The lowest BCUT2D eigenvalue weighted by atomic mass is 10.2. The lowest BCUT2D eigenvalue weighted by Gasteiger charge is -2.32. The van der Waals surface area contributed by atoms with Gasteiger partial charge in [0.05, 0.1) is 24.0 Å². The Bertz CT molecular complexity index is 535. The molecular formula is C13H17FN4O2. The van der Waals surface area contributed by atoms with E-state index in [0.717, 1.165) is 6.07 Å². The van der Waals surface area contributed by atoms with Gasteiger partial charge in [0.15, 0.2) is 0 Å². The summed E-state index contributed by atoms with van der Waals surface area (Å²) in [6.07, 6.45) is 0. The zero-order valence-corrected chi connectivity index (χ0v) is 11.1. The molecule has 0 spiro atoms. The maximum atomic E-state index is 12.9. The van der Waals surface area contributed by atoms with E-state index in [1.807, 2.05) is 0 Å². The van der Waals surface area contributed by atoms with Crippen molar-refractivity contribution in [2.45, 2.75) is 13.0 Å². The summed E-state index contributed by atoms with van der Waals surface area (Å²) >= 11 is 0. The van der Waals surface area contributed by atoms with Crippen molar-refractivity contribution in [1.29, 1.82) is 0 Å². The third kappa shape index (κ3) is 3.24. The van der Waals surface area contributed by atoms with Gasteiger partial charge in [-0.1, -0.05) is 0 Å². The van der Waals surface area contributed by atoms with Crippen LogP contribution in [0.2, 0.25) is 0 Å². The average molecular weight is 280 g/mol. The zero-order chi connectivity index (χ0) is 14.7. The van der Waals surface area contributed by atoms with Crippen LogP contribution in [0.3, 0.4) is 0 Å². The third-order valence-electron chi connectivity index (χ3n) is 3.26. The molecule has 0 bridgehead atoms. The van der Waals surface area contributed by atoms with Gasteiger partial charge in [-0.3, -0.25) is 14.5 Å². The van der Waals surface area contributed by atoms with Crippen molar-refractivity contribution in [3.63, 3.8) is 0 Å². The first-order valence-electron chi connectivity index (χ1n) is 6.34. The van der Waals surface area contributed by atoms with Crippen LogP contribution in [0, 0.1) is 5.82 Å². The highest BCUT2D eigenvalue weighted by molar-refractivity contribution is 5.95. The molecule has 6 nitrogen and oxygen atoms in total. The van der Waals surface area contributed by atoms with Crippen LogP contribution in [0.5, 0.6) is 0 Å². The molecule has 1 saturated heterocycles. The summed E-state index contributed by atoms with van der Waals surface area (Å²) in [5.41, 5.74) is 6.16. The Hall–Kier alpha value is -2.15. The van der Waals surface area contributed by atoms with Gasteiger partial charge in [0.1, 0.15) is 5.82 Å². The van der Waals surface area contributed by atoms with Gasteiger partial charge in [-0.05, 0) is 25.1 Å². The summed E-state index contributed by atoms with van der Waals surface area (Å²) in [5.74, 6) is -0.836. The Kier molecular flexibility index (Phi) is 4.19. The predicted octanol–water partition coefficient (Wildman–Crippen LogP) is 0.167. The summed E-state index contributed by atoms with van der Waals surface area (Å²) in [4.78, 5) is 25.2. The standard InChI is InChI=1S/C13H17FN4O2/c1-8-13(20)16-4-5-18(8)7-12(19)17-11-3-2-9(14)6-10(11)15/h2-3,6,8H,4-5,7,15H2,1H3,(H,16,20)(H,17,19). The first-order chi connectivity index (χ1) is 9.47. The number of carbonyl (C=O) groups is 2. The molecule has 1 aromatic carbocycles. The van der Waals surface area contributed by atoms with Crippen LogP contribution < -0.4 is 16.4 Å². The highest BCUT2D eigenvalue weighted by Crippen LogP contribution is 2.19. The second kappa shape index (κ2) is 5.87. The van der Waals surface area contributed by atoms with Crippen LogP contribution in [-0.4, -0.2) is 42.4 Å². The molecule has 0 saturated carbocycles. The average Bonchev–Trinajstić information content (AvgIpc) is 2.38. The molecule has 0 aromatic heterocycles. The molecule has 20 heavy (non-hydrogen) atoms. The van der Waals surface area contributed by atoms with Crippen LogP contribution in [0.25, 0.3) is 0 Å². The number of amides is 2. The number of nitrogens with one attached hydrogen (secondary N) is 2. The fourth-order valence-electron chi connectivity index (χ4n) is 2.07. The quantitative estimate of drug-likeness (QED) is 0.689. The molecular weight excluding hydrogens is 263 g/mol. The van der Waals surface area contributed by atoms with Gasteiger partial charge in [0, 0.05) is 13.1 Å².